The van der Waals surface area contributed by atoms with Crippen LogP contribution in [0.25, 0.3) is 5.57 Å². The lowest BCUT2D eigenvalue weighted by atomic mass is 9.71. The second-order valence-corrected chi connectivity index (χ2v) is 10.4. The van der Waals surface area contributed by atoms with Gasteiger partial charge in [0.25, 0.3) is 0 Å². The SMILES string of the molecule is CCCCN(CCCC)c1ccc(C2=C(O)C(C3C=CC(=[N+](CCCC)CCCC(=O)O)C=C3)C2=O)cc1. The zero-order valence-electron chi connectivity index (χ0n) is 23.4. The standard InChI is InChI=1S/C32H44N2O4/c1-4-7-20-33(21-8-5-2)26-16-12-24(13-17-26)29-31(37)30(32(29)38)25-14-18-27(19-15-25)34(22-9-6-3)23-10-11-28(35)36/h12-19,25,30H,4-11,20-23H2,1-3H3,(H-,35,36,37,38)/p+1. The fourth-order valence-corrected chi connectivity index (χ4v) is 5.15. The fourth-order valence-electron chi connectivity index (χ4n) is 5.15. The van der Waals surface area contributed by atoms with Gasteiger partial charge in [0, 0.05) is 49.7 Å². The Kier molecular flexibility index (Phi) is 11.4. The lowest BCUT2D eigenvalue weighted by Crippen LogP contribution is -2.36. The highest BCUT2D eigenvalue weighted by atomic mass is 16.4. The summed E-state index contributed by atoms with van der Waals surface area (Å²) in [6.45, 7) is 10.2. The van der Waals surface area contributed by atoms with E-state index in [-0.39, 0.29) is 23.9 Å². The van der Waals surface area contributed by atoms with Crippen LogP contribution in [-0.2, 0) is 9.59 Å². The number of hydrogen-bond donors (Lipinski definition) is 2. The number of aliphatic carboxylic acids is 1. The van der Waals surface area contributed by atoms with E-state index in [0.29, 0.717) is 18.5 Å². The molecule has 1 aromatic carbocycles. The highest BCUT2D eigenvalue weighted by Gasteiger charge is 2.44. The predicted octanol–water partition coefficient (Wildman–Crippen LogP) is 6.42. The molecular formula is C32H45N2O4+. The van der Waals surface area contributed by atoms with E-state index < -0.39 is 11.9 Å². The van der Waals surface area contributed by atoms with Crippen molar-refractivity contribution in [2.45, 2.75) is 72.1 Å². The first-order valence-corrected chi connectivity index (χ1v) is 14.4. The number of carboxylic acid groups (broad SMARTS) is 1. The van der Waals surface area contributed by atoms with Crippen molar-refractivity contribution in [2.75, 3.05) is 31.1 Å². The number of anilines is 1. The summed E-state index contributed by atoms with van der Waals surface area (Å²) < 4.78 is 2.21. The molecule has 6 heteroatoms. The molecule has 0 bridgehead atoms. The largest absolute Gasteiger partial charge is 0.511 e. The number of carbonyl (C=O) groups excluding carboxylic acids is 1. The first-order valence-electron chi connectivity index (χ1n) is 14.4. The van der Waals surface area contributed by atoms with Gasteiger partial charge in [0.1, 0.15) is 18.8 Å². The van der Waals surface area contributed by atoms with E-state index in [9.17, 15) is 14.7 Å². The van der Waals surface area contributed by atoms with Crippen molar-refractivity contribution in [3.63, 3.8) is 0 Å². The number of allylic oxidation sites excluding steroid dienone is 6. The minimum Gasteiger partial charge on any atom is -0.511 e. The van der Waals surface area contributed by atoms with Crippen LogP contribution in [0.1, 0.15) is 77.7 Å². The normalized spacial score (nSPS) is 18.6. The van der Waals surface area contributed by atoms with Crippen molar-refractivity contribution in [2.24, 2.45) is 11.8 Å². The predicted molar refractivity (Wildman–Crippen MR) is 155 cm³/mol. The Balaban J connectivity index is 1.71. The number of carboxylic acids is 1. The number of nitrogens with zero attached hydrogens (tertiary/aromatic N) is 2. The van der Waals surface area contributed by atoms with Crippen LogP contribution in [0.4, 0.5) is 5.69 Å². The van der Waals surface area contributed by atoms with Crippen LogP contribution in [0.5, 0.6) is 0 Å². The summed E-state index contributed by atoms with van der Waals surface area (Å²) in [5.41, 5.74) is 3.40. The van der Waals surface area contributed by atoms with Crippen molar-refractivity contribution < 1.29 is 24.4 Å². The molecule has 2 aliphatic carbocycles. The van der Waals surface area contributed by atoms with Crippen molar-refractivity contribution in [3.8, 4) is 0 Å². The van der Waals surface area contributed by atoms with Gasteiger partial charge in [-0.25, -0.2) is 4.58 Å². The third kappa shape index (κ3) is 7.46. The van der Waals surface area contributed by atoms with Gasteiger partial charge in [-0.1, -0.05) is 64.3 Å². The van der Waals surface area contributed by atoms with Gasteiger partial charge in [-0.05, 0) is 30.5 Å². The number of aliphatic hydroxyl groups excluding tert-OH is 1. The molecule has 38 heavy (non-hydrogen) atoms. The van der Waals surface area contributed by atoms with Gasteiger partial charge in [0.05, 0.1) is 17.9 Å². The Bertz CT molecular complexity index is 1060. The van der Waals surface area contributed by atoms with Crippen LogP contribution in [0, 0.1) is 11.8 Å². The zero-order valence-corrected chi connectivity index (χ0v) is 23.4. The van der Waals surface area contributed by atoms with E-state index in [2.05, 4.69) is 42.4 Å². The van der Waals surface area contributed by atoms with E-state index in [0.717, 1.165) is 75.1 Å². The molecule has 1 aromatic rings. The Morgan fingerprint density at radius 2 is 1.47 bits per heavy atom. The second-order valence-electron chi connectivity index (χ2n) is 10.4. The minimum atomic E-state index is -0.776. The maximum absolute atomic E-state index is 13.2. The number of ketones is 1. The van der Waals surface area contributed by atoms with Gasteiger partial charge in [-0.2, -0.15) is 0 Å². The highest BCUT2D eigenvalue weighted by molar-refractivity contribution is 6.30. The van der Waals surface area contributed by atoms with Gasteiger partial charge in [0.2, 0.25) is 0 Å². The summed E-state index contributed by atoms with van der Waals surface area (Å²) in [4.78, 5) is 26.5. The Morgan fingerprint density at radius 3 is 2.00 bits per heavy atom. The Labute approximate surface area is 228 Å². The molecule has 2 N–H and O–H groups in total. The van der Waals surface area contributed by atoms with Crippen LogP contribution in [-0.4, -0.2) is 58.4 Å². The molecule has 0 spiro atoms. The quantitative estimate of drug-likeness (QED) is 0.245. The number of Topliss-reactive ketones (excluding diaryl/α,β-unsaturated/α-hetero) is 1. The van der Waals surface area contributed by atoms with Gasteiger partial charge >= 0.3 is 5.97 Å². The fraction of sp³-hybridized carbons (Fsp3) is 0.531. The smallest absolute Gasteiger partial charge is 0.303 e. The third-order valence-corrected chi connectivity index (χ3v) is 7.49. The number of aliphatic hydroxyl groups is 1. The molecule has 0 heterocycles. The molecule has 0 aliphatic heterocycles. The average molecular weight is 522 g/mol. The molecule has 0 amide bonds. The zero-order chi connectivity index (χ0) is 27.5. The minimum absolute atomic E-state index is 0.0175. The Morgan fingerprint density at radius 1 is 0.895 bits per heavy atom. The molecule has 6 nitrogen and oxygen atoms in total. The number of unbranched alkanes of at least 4 members (excludes halogenated alkanes) is 3. The van der Waals surface area contributed by atoms with E-state index in [1.165, 1.54) is 0 Å². The van der Waals surface area contributed by atoms with E-state index in [4.69, 9.17) is 5.11 Å². The topological polar surface area (TPSA) is 80.8 Å². The van der Waals surface area contributed by atoms with Crippen LogP contribution < -0.4 is 4.90 Å². The van der Waals surface area contributed by atoms with E-state index in [1.54, 1.807) is 0 Å². The van der Waals surface area contributed by atoms with E-state index in [1.807, 2.05) is 36.4 Å². The molecule has 0 radical (unpaired) electrons. The molecule has 0 saturated heterocycles. The third-order valence-electron chi connectivity index (χ3n) is 7.49. The summed E-state index contributed by atoms with van der Waals surface area (Å²) in [5, 5.41) is 19.9. The summed E-state index contributed by atoms with van der Waals surface area (Å²) in [6.07, 6.45) is 15.4. The van der Waals surface area contributed by atoms with Crippen molar-refractivity contribution in [1.82, 2.24) is 0 Å². The average Bonchev–Trinajstić information content (AvgIpc) is 2.92. The molecule has 1 atom stereocenters. The lowest BCUT2D eigenvalue weighted by Gasteiger charge is -2.32. The van der Waals surface area contributed by atoms with Crippen LogP contribution in [0.3, 0.4) is 0 Å². The summed E-state index contributed by atoms with van der Waals surface area (Å²) in [7, 11) is 0. The first-order chi connectivity index (χ1) is 18.4. The number of rotatable bonds is 16. The second kappa shape index (κ2) is 14.7. The van der Waals surface area contributed by atoms with Crippen molar-refractivity contribution in [1.29, 1.82) is 0 Å². The van der Waals surface area contributed by atoms with Crippen LogP contribution in [0.2, 0.25) is 0 Å². The number of benzene rings is 1. The van der Waals surface area contributed by atoms with Gasteiger partial charge in [-0.3, -0.25) is 9.59 Å². The first kappa shape index (κ1) is 29.4. The molecule has 0 saturated carbocycles. The number of carbonyl (C=O) groups is 2. The molecule has 1 unspecified atom stereocenters. The van der Waals surface area contributed by atoms with Crippen LogP contribution in [0.15, 0.2) is 54.3 Å². The maximum Gasteiger partial charge on any atom is 0.303 e. The monoisotopic (exact) mass is 521 g/mol. The molecule has 0 fully saturated rings. The highest BCUT2D eigenvalue weighted by Crippen LogP contribution is 2.42. The van der Waals surface area contributed by atoms with Crippen molar-refractivity contribution >= 4 is 28.7 Å². The van der Waals surface area contributed by atoms with Crippen LogP contribution >= 0.6 is 0 Å². The molecular weight excluding hydrogens is 476 g/mol. The maximum atomic E-state index is 13.2. The molecule has 0 aromatic heterocycles. The van der Waals surface area contributed by atoms with Gasteiger partial charge in [0.15, 0.2) is 11.5 Å². The number of hydrogen-bond acceptors (Lipinski definition) is 4. The van der Waals surface area contributed by atoms with Gasteiger partial charge in [-0.15, -0.1) is 0 Å². The molecule has 2 aliphatic rings. The Hall–Kier alpha value is -3.15. The summed E-state index contributed by atoms with van der Waals surface area (Å²) in [5.74, 6) is -1.35. The van der Waals surface area contributed by atoms with Crippen molar-refractivity contribution in [3.05, 3.63) is 59.9 Å². The molecule has 206 valence electrons. The van der Waals surface area contributed by atoms with Gasteiger partial charge < -0.3 is 15.1 Å². The summed E-state index contributed by atoms with van der Waals surface area (Å²) in [6, 6.07) is 8.05. The molecule has 3 rings (SSSR count). The summed E-state index contributed by atoms with van der Waals surface area (Å²) >= 11 is 0. The lowest BCUT2D eigenvalue weighted by molar-refractivity contribution is -0.527. The van der Waals surface area contributed by atoms with E-state index >= 15 is 0 Å².